The summed E-state index contributed by atoms with van der Waals surface area (Å²) in [5.74, 6) is 1.36. The Morgan fingerprint density at radius 3 is 2.62 bits per heavy atom. The second kappa shape index (κ2) is 9.21. The lowest BCUT2D eigenvalue weighted by Gasteiger charge is -2.31. The number of likely N-dealkylation sites (tertiary alicyclic amines) is 1. The van der Waals surface area contributed by atoms with Crippen LogP contribution in [0.3, 0.4) is 0 Å². The number of carbonyl (C=O) groups excluding carboxylic acids is 1. The van der Waals surface area contributed by atoms with Gasteiger partial charge in [-0.2, -0.15) is 5.10 Å². The number of piperidine rings is 1. The Labute approximate surface area is 199 Å². The van der Waals surface area contributed by atoms with E-state index in [0.717, 1.165) is 59.8 Å². The fraction of sp³-hybridized carbons (Fsp3) is 0.286. The van der Waals surface area contributed by atoms with Gasteiger partial charge in [-0.25, -0.2) is 4.68 Å². The highest BCUT2D eigenvalue weighted by atomic mass is 16.5. The summed E-state index contributed by atoms with van der Waals surface area (Å²) in [5.41, 5.74) is 6.40. The van der Waals surface area contributed by atoms with Crippen molar-refractivity contribution in [2.24, 2.45) is 0 Å². The van der Waals surface area contributed by atoms with Crippen LogP contribution in [-0.2, 0) is 4.79 Å². The lowest BCUT2D eigenvalue weighted by atomic mass is 9.89. The lowest BCUT2D eigenvalue weighted by molar-refractivity contribution is -0.126. The SMILES string of the molecule is COc1ccc2[nH]cc(C3CCN(C(=O)/C=C/c4c(C)nn(-c5ccccc5)c4C)CC3)c2c1. The number of para-hydroxylation sites is 1. The number of carbonyl (C=O) groups is 1. The van der Waals surface area contributed by atoms with Crippen LogP contribution in [0.15, 0.2) is 60.8 Å². The highest BCUT2D eigenvalue weighted by molar-refractivity contribution is 5.92. The summed E-state index contributed by atoms with van der Waals surface area (Å²) in [4.78, 5) is 18.3. The molecule has 4 aromatic rings. The molecule has 0 bridgehead atoms. The van der Waals surface area contributed by atoms with Crippen molar-refractivity contribution in [1.82, 2.24) is 19.7 Å². The second-order valence-corrected chi connectivity index (χ2v) is 8.92. The molecule has 0 radical (unpaired) electrons. The van der Waals surface area contributed by atoms with Gasteiger partial charge in [0.05, 0.1) is 18.5 Å². The Hall–Kier alpha value is -3.80. The molecule has 6 heteroatoms. The van der Waals surface area contributed by atoms with E-state index in [0.29, 0.717) is 5.92 Å². The number of aromatic nitrogens is 3. The van der Waals surface area contributed by atoms with Crippen molar-refractivity contribution in [3.8, 4) is 11.4 Å². The van der Waals surface area contributed by atoms with E-state index >= 15 is 0 Å². The Morgan fingerprint density at radius 2 is 1.88 bits per heavy atom. The molecule has 6 nitrogen and oxygen atoms in total. The quantitative estimate of drug-likeness (QED) is 0.411. The molecule has 1 saturated heterocycles. The fourth-order valence-corrected chi connectivity index (χ4v) is 4.97. The van der Waals surface area contributed by atoms with Crippen molar-refractivity contribution in [3.05, 3.63) is 83.3 Å². The number of nitrogens with zero attached hydrogens (tertiary/aromatic N) is 3. The van der Waals surface area contributed by atoms with E-state index in [-0.39, 0.29) is 5.91 Å². The Morgan fingerprint density at radius 1 is 1.12 bits per heavy atom. The minimum Gasteiger partial charge on any atom is -0.497 e. The van der Waals surface area contributed by atoms with Crippen molar-refractivity contribution >= 4 is 22.9 Å². The second-order valence-electron chi connectivity index (χ2n) is 8.92. The third-order valence-electron chi connectivity index (χ3n) is 6.91. The van der Waals surface area contributed by atoms with Gasteiger partial charge < -0.3 is 14.6 Å². The predicted octanol–water partition coefficient (Wildman–Crippen LogP) is 5.40. The number of aromatic amines is 1. The van der Waals surface area contributed by atoms with Crippen LogP contribution in [0.2, 0.25) is 0 Å². The van der Waals surface area contributed by atoms with Crippen LogP contribution < -0.4 is 4.74 Å². The van der Waals surface area contributed by atoms with E-state index in [1.165, 1.54) is 10.9 Å². The van der Waals surface area contributed by atoms with Crippen molar-refractivity contribution in [1.29, 1.82) is 0 Å². The van der Waals surface area contributed by atoms with E-state index in [4.69, 9.17) is 4.74 Å². The number of fused-ring (bicyclic) bond motifs is 1. The van der Waals surface area contributed by atoms with Gasteiger partial charge in [0.1, 0.15) is 5.75 Å². The van der Waals surface area contributed by atoms with Gasteiger partial charge in [0.25, 0.3) is 0 Å². The number of methoxy groups -OCH3 is 1. The molecule has 0 spiro atoms. The molecule has 0 saturated carbocycles. The van der Waals surface area contributed by atoms with Gasteiger partial charge in [-0.05, 0) is 74.6 Å². The number of amides is 1. The number of aryl methyl sites for hydroxylation is 1. The standard InChI is InChI=1S/C28H30N4O2/c1-19-24(20(2)32(30-19)22-7-5-4-6-8-22)10-12-28(33)31-15-13-21(14-16-31)26-18-29-27-11-9-23(34-3)17-25(26)27/h4-12,17-18,21,29H,13-16H2,1-3H3/b12-10+. The monoisotopic (exact) mass is 454 g/mol. The molecule has 5 rings (SSSR count). The summed E-state index contributed by atoms with van der Waals surface area (Å²) in [7, 11) is 1.70. The number of hydrogen-bond donors (Lipinski definition) is 1. The van der Waals surface area contributed by atoms with Crippen LogP contribution >= 0.6 is 0 Å². The van der Waals surface area contributed by atoms with E-state index < -0.39 is 0 Å². The maximum atomic E-state index is 12.9. The first kappa shape index (κ1) is 22.0. The first-order valence-electron chi connectivity index (χ1n) is 11.8. The number of H-pyrrole nitrogens is 1. The van der Waals surface area contributed by atoms with E-state index in [9.17, 15) is 4.79 Å². The summed E-state index contributed by atoms with van der Waals surface area (Å²) in [5, 5.41) is 5.89. The van der Waals surface area contributed by atoms with Crippen molar-refractivity contribution in [3.63, 3.8) is 0 Å². The molecule has 2 aromatic heterocycles. The average molecular weight is 455 g/mol. The Bertz CT molecular complexity index is 1340. The van der Waals surface area contributed by atoms with Crippen LogP contribution in [0.4, 0.5) is 0 Å². The van der Waals surface area contributed by atoms with Crippen LogP contribution in [0.25, 0.3) is 22.7 Å². The highest BCUT2D eigenvalue weighted by Crippen LogP contribution is 2.34. The van der Waals surface area contributed by atoms with Crippen LogP contribution in [0.5, 0.6) is 5.75 Å². The normalized spacial score (nSPS) is 14.9. The number of nitrogens with one attached hydrogen (secondary N) is 1. The molecule has 1 aliphatic heterocycles. The van der Waals surface area contributed by atoms with Gasteiger partial charge in [-0.15, -0.1) is 0 Å². The number of rotatable bonds is 5. The molecule has 1 fully saturated rings. The number of ether oxygens (including phenoxy) is 1. The molecule has 34 heavy (non-hydrogen) atoms. The third kappa shape index (κ3) is 4.12. The Kier molecular flexibility index (Phi) is 5.97. The summed E-state index contributed by atoms with van der Waals surface area (Å²) in [6, 6.07) is 16.2. The molecule has 174 valence electrons. The van der Waals surface area contributed by atoms with Crippen molar-refractivity contribution in [2.75, 3.05) is 20.2 Å². The molecule has 0 atom stereocenters. The molecule has 1 aliphatic rings. The van der Waals surface area contributed by atoms with Gasteiger partial charge in [-0.1, -0.05) is 18.2 Å². The van der Waals surface area contributed by atoms with Crippen LogP contribution in [0, 0.1) is 13.8 Å². The van der Waals surface area contributed by atoms with E-state index in [2.05, 4.69) is 28.4 Å². The van der Waals surface area contributed by atoms with Crippen molar-refractivity contribution < 1.29 is 9.53 Å². The largest absolute Gasteiger partial charge is 0.497 e. The number of hydrogen-bond acceptors (Lipinski definition) is 3. The zero-order valence-corrected chi connectivity index (χ0v) is 19.9. The molecule has 2 aromatic carbocycles. The van der Waals surface area contributed by atoms with Gasteiger partial charge in [0.2, 0.25) is 5.91 Å². The minimum absolute atomic E-state index is 0.0605. The van der Waals surface area contributed by atoms with Gasteiger partial charge in [-0.3, -0.25) is 4.79 Å². The minimum atomic E-state index is 0.0605. The first-order valence-corrected chi connectivity index (χ1v) is 11.8. The summed E-state index contributed by atoms with van der Waals surface area (Å²) >= 11 is 0. The smallest absolute Gasteiger partial charge is 0.246 e. The first-order chi connectivity index (χ1) is 16.5. The third-order valence-corrected chi connectivity index (χ3v) is 6.91. The molecule has 3 heterocycles. The average Bonchev–Trinajstić information content (AvgIpc) is 3.43. The van der Waals surface area contributed by atoms with Gasteiger partial charge in [0, 0.05) is 47.5 Å². The van der Waals surface area contributed by atoms with Crippen LogP contribution in [0.1, 0.15) is 41.3 Å². The van der Waals surface area contributed by atoms with E-state index in [1.807, 2.05) is 65.9 Å². The van der Waals surface area contributed by atoms with E-state index in [1.54, 1.807) is 13.2 Å². The van der Waals surface area contributed by atoms with Gasteiger partial charge in [0.15, 0.2) is 0 Å². The fourth-order valence-electron chi connectivity index (χ4n) is 4.97. The molecular formula is C28H30N4O2. The van der Waals surface area contributed by atoms with Crippen molar-refractivity contribution in [2.45, 2.75) is 32.6 Å². The molecule has 0 aliphatic carbocycles. The highest BCUT2D eigenvalue weighted by Gasteiger charge is 2.25. The lowest BCUT2D eigenvalue weighted by Crippen LogP contribution is -2.36. The number of benzene rings is 2. The zero-order valence-electron chi connectivity index (χ0n) is 19.9. The maximum absolute atomic E-state index is 12.9. The van der Waals surface area contributed by atoms with Gasteiger partial charge >= 0.3 is 0 Å². The molecule has 1 amide bonds. The summed E-state index contributed by atoms with van der Waals surface area (Å²) in [6.07, 6.45) is 7.63. The summed E-state index contributed by atoms with van der Waals surface area (Å²) in [6.45, 7) is 5.54. The maximum Gasteiger partial charge on any atom is 0.246 e. The summed E-state index contributed by atoms with van der Waals surface area (Å²) < 4.78 is 7.34. The Balaban J connectivity index is 1.26. The topological polar surface area (TPSA) is 63.1 Å². The molecular weight excluding hydrogens is 424 g/mol. The molecule has 1 N–H and O–H groups in total. The molecule has 0 unspecified atom stereocenters. The predicted molar refractivity (Wildman–Crippen MR) is 135 cm³/mol. The van der Waals surface area contributed by atoms with Crippen LogP contribution in [-0.4, -0.2) is 45.8 Å². The zero-order chi connectivity index (χ0) is 23.7.